The molecule has 1 aliphatic heterocycles. The zero-order valence-electron chi connectivity index (χ0n) is 12.8. The molecule has 1 aliphatic rings. The average molecular weight is 275 g/mol. The van der Waals surface area contributed by atoms with Crippen molar-refractivity contribution in [2.45, 2.75) is 63.3 Å². The van der Waals surface area contributed by atoms with Gasteiger partial charge in [0.25, 0.3) is 0 Å². The summed E-state index contributed by atoms with van der Waals surface area (Å²) in [6.45, 7) is 3.94. The Morgan fingerprint density at radius 2 is 1.80 bits per heavy atom. The highest BCUT2D eigenvalue weighted by atomic mass is 16.5. The molecule has 0 aromatic heterocycles. The molecule has 0 radical (unpaired) electrons. The molecule has 0 spiro atoms. The Bertz CT molecular complexity index is 370. The van der Waals surface area contributed by atoms with E-state index in [1.165, 1.54) is 31.2 Å². The van der Waals surface area contributed by atoms with Gasteiger partial charge in [-0.25, -0.2) is 0 Å². The maximum absolute atomic E-state index is 6.64. The van der Waals surface area contributed by atoms with Gasteiger partial charge < -0.3 is 10.5 Å². The molecule has 2 heteroatoms. The van der Waals surface area contributed by atoms with Crippen LogP contribution in [0, 0.1) is 0 Å². The van der Waals surface area contributed by atoms with Crippen LogP contribution < -0.4 is 5.73 Å². The van der Waals surface area contributed by atoms with Crippen molar-refractivity contribution in [3.05, 3.63) is 35.9 Å². The maximum Gasteiger partial charge on any atom is 0.0475 e. The molecule has 0 bridgehead atoms. The summed E-state index contributed by atoms with van der Waals surface area (Å²) in [4.78, 5) is 0. The summed E-state index contributed by atoms with van der Waals surface area (Å²) in [5, 5.41) is 0. The monoisotopic (exact) mass is 275 g/mol. The van der Waals surface area contributed by atoms with E-state index >= 15 is 0 Å². The van der Waals surface area contributed by atoms with Gasteiger partial charge in [-0.05, 0) is 24.8 Å². The van der Waals surface area contributed by atoms with E-state index in [0.717, 1.165) is 32.5 Å². The van der Waals surface area contributed by atoms with E-state index < -0.39 is 0 Å². The number of benzene rings is 1. The fraction of sp³-hybridized carbons (Fsp3) is 0.667. The minimum atomic E-state index is 0.131. The number of hydrogen-bond donors (Lipinski definition) is 1. The lowest BCUT2D eigenvalue weighted by molar-refractivity contribution is 0.0385. The van der Waals surface area contributed by atoms with Crippen molar-refractivity contribution >= 4 is 0 Å². The van der Waals surface area contributed by atoms with Crippen LogP contribution in [0.3, 0.4) is 0 Å². The highest BCUT2D eigenvalue weighted by Crippen LogP contribution is 2.38. The second-order valence-corrected chi connectivity index (χ2v) is 6.09. The van der Waals surface area contributed by atoms with Gasteiger partial charge in [0.15, 0.2) is 0 Å². The molecule has 1 heterocycles. The minimum Gasteiger partial charge on any atom is -0.381 e. The molecule has 0 aliphatic carbocycles. The normalized spacial score (nSPS) is 19.7. The third-order valence-corrected chi connectivity index (χ3v) is 4.81. The third kappa shape index (κ3) is 3.62. The Kier molecular flexibility index (Phi) is 6.06. The number of unbranched alkanes of at least 4 members (excludes halogenated alkanes) is 3. The lowest BCUT2D eigenvalue weighted by Gasteiger charge is -2.42. The van der Waals surface area contributed by atoms with Crippen molar-refractivity contribution < 1.29 is 4.74 Å². The molecule has 1 atom stereocenters. The van der Waals surface area contributed by atoms with Gasteiger partial charge in [-0.2, -0.15) is 0 Å². The molecule has 1 unspecified atom stereocenters. The number of rotatable bonds is 7. The van der Waals surface area contributed by atoms with Gasteiger partial charge in [-0.15, -0.1) is 0 Å². The van der Waals surface area contributed by atoms with Crippen molar-refractivity contribution in [1.29, 1.82) is 0 Å². The molecule has 2 N–H and O–H groups in total. The van der Waals surface area contributed by atoms with Crippen LogP contribution >= 0.6 is 0 Å². The quantitative estimate of drug-likeness (QED) is 0.762. The van der Waals surface area contributed by atoms with Gasteiger partial charge in [0.05, 0.1) is 0 Å². The lowest BCUT2D eigenvalue weighted by atomic mass is 9.68. The molecule has 1 aromatic rings. The molecule has 1 fully saturated rings. The van der Waals surface area contributed by atoms with Crippen molar-refractivity contribution in [3.8, 4) is 0 Å². The predicted molar refractivity (Wildman–Crippen MR) is 84.9 cm³/mol. The molecule has 1 aromatic carbocycles. The molecule has 0 saturated carbocycles. The molecular formula is C18H29NO. The van der Waals surface area contributed by atoms with Crippen molar-refractivity contribution in [2.75, 3.05) is 13.2 Å². The summed E-state index contributed by atoms with van der Waals surface area (Å²) in [5.74, 6) is 0. The first-order valence-corrected chi connectivity index (χ1v) is 8.18. The average Bonchev–Trinajstić information content (AvgIpc) is 2.53. The molecule has 112 valence electrons. The van der Waals surface area contributed by atoms with E-state index in [0.29, 0.717) is 0 Å². The summed E-state index contributed by atoms with van der Waals surface area (Å²) in [5.41, 5.74) is 8.18. The van der Waals surface area contributed by atoms with Crippen LogP contribution in [-0.4, -0.2) is 19.3 Å². The minimum absolute atomic E-state index is 0.131. The molecule has 0 amide bonds. The number of ether oxygens (including phenoxy) is 1. The van der Waals surface area contributed by atoms with Crippen molar-refractivity contribution in [2.24, 2.45) is 5.73 Å². The fourth-order valence-electron chi connectivity index (χ4n) is 3.45. The topological polar surface area (TPSA) is 35.2 Å². The van der Waals surface area contributed by atoms with Gasteiger partial charge >= 0.3 is 0 Å². The fourth-order valence-corrected chi connectivity index (χ4v) is 3.45. The molecular weight excluding hydrogens is 246 g/mol. The van der Waals surface area contributed by atoms with Crippen LogP contribution in [0.2, 0.25) is 0 Å². The van der Waals surface area contributed by atoms with Crippen molar-refractivity contribution in [3.63, 3.8) is 0 Å². The third-order valence-electron chi connectivity index (χ3n) is 4.81. The Balaban J connectivity index is 2.06. The SMILES string of the molecule is CCCCCCC(N)C1(c2ccccc2)CCOCC1. The van der Waals surface area contributed by atoms with E-state index in [2.05, 4.69) is 37.3 Å². The summed E-state index contributed by atoms with van der Waals surface area (Å²) in [7, 11) is 0. The first kappa shape index (κ1) is 15.5. The van der Waals surface area contributed by atoms with E-state index in [1.807, 2.05) is 0 Å². The van der Waals surface area contributed by atoms with Crippen LogP contribution in [0.4, 0.5) is 0 Å². The maximum atomic E-state index is 6.64. The van der Waals surface area contributed by atoms with Gasteiger partial charge in [-0.3, -0.25) is 0 Å². The van der Waals surface area contributed by atoms with Crippen LogP contribution in [0.25, 0.3) is 0 Å². The zero-order chi connectivity index (χ0) is 14.3. The van der Waals surface area contributed by atoms with Gasteiger partial charge in [0.1, 0.15) is 0 Å². The second-order valence-electron chi connectivity index (χ2n) is 6.09. The standard InChI is InChI=1S/C18H29NO/c1-2-3-4-8-11-17(19)18(12-14-20-15-13-18)16-9-6-5-7-10-16/h5-7,9-10,17H,2-4,8,11-15,19H2,1H3. The van der Waals surface area contributed by atoms with Crippen LogP contribution in [0.1, 0.15) is 57.4 Å². The Morgan fingerprint density at radius 1 is 1.10 bits per heavy atom. The lowest BCUT2D eigenvalue weighted by Crippen LogP contribution is -2.49. The van der Waals surface area contributed by atoms with E-state index in [4.69, 9.17) is 10.5 Å². The van der Waals surface area contributed by atoms with Crippen LogP contribution in [0.5, 0.6) is 0 Å². The van der Waals surface area contributed by atoms with Crippen LogP contribution in [-0.2, 0) is 10.2 Å². The molecule has 20 heavy (non-hydrogen) atoms. The Morgan fingerprint density at radius 3 is 2.45 bits per heavy atom. The number of nitrogens with two attached hydrogens (primary N) is 1. The van der Waals surface area contributed by atoms with E-state index in [-0.39, 0.29) is 11.5 Å². The summed E-state index contributed by atoms with van der Waals surface area (Å²) in [6.07, 6.45) is 8.43. The van der Waals surface area contributed by atoms with E-state index in [9.17, 15) is 0 Å². The predicted octanol–water partition coefficient (Wildman–Crippen LogP) is 4.03. The Labute approximate surface area is 123 Å². The van der Waals surface area contributed by atoms with E-state index in [1.54, 1.807) is 0 Å². The summed E-state index contributed by atoms with van der Waals surface area (Å²) >= 11 is 0. The first-order chi connectivity index (χ1) is 9.79. The molecule has 2 rings (SSSR count). The second kappa shape index (κ2) is 7.80. The molecule has 2 nitrogen and oxygen atoms in total. The smallest absolute Gasteiger partial charge is 0.0475 e. The largest absolute Gasteiger partial charge is 0.381 e. The van der Waals surface area contributed by atoms with Gasteiger partial charge in [0, 0.05) is 24.7 Å². The van der Waals surface area contributed by atoms with Crippen molar-refractivity contribution in [1.82, 2.24) is 0 Å². The highest BCUT2D eigenvalue weighted by Gasteiger charge is 2.39. The molecule has 1 saturated heterocycles. The Hall–Kier alpha value is -0.860. The summed E-state index contributed by atoms with van der Waals surface area (Å²) < 4.78 is 5.58. The van der Waals surface area contributed by atoms with Crippen LogP contribution in [0.15, 0.2) is 30.3 Å². The summed E-state index contributed by atoms with van der Waals surface area (Å²) in [6, 6.07) is 11.1. The highest BCUT2D eigenvalue weighted by molar-refractivity contribution is 5.28. The first-order valence-electron chi connectivity index (χ1n) is 8.18. The number of hydrogen-bond acceptors (Lipinski definition) is 2. The van der Waals surface area contributed by atoms with Gasteiger partial charge in [0.2, 0.25) is 0 Å². The zero-order valence-corrected chi connectivity index (χ0v) is 12.8. The van der Waals surface area contributed by atoms with Gasteiger partial charge in [-0.1, -0.05) is 62.9 Å².